The highest BCUT2D eigenvalue weighted by molar-refractivity contribution is 6.52. The summed E-state index contributed by atoms with van der Waals surface area (Å²) in [4.78, 5) is 28.9. The van der Waals surface area contributed by atoms with E-state index < -0.39 is 6.10 Å². The van der Waals surface area contributed by atoms with Crippen LogP contribution in [0.3, 0.4) is 0 Å². The minimum absolute atomic E-state index is 0.0705. The number of hydrogen-bond acceptors (Lipinski definition) is 6. The first kappa shape index (κ1) is 24.6. The van der Waals surface area contributed by atoms with Gasteiger partial charge in [-0.05, 0) is 42.3 Å². The number of H-pyrrole nitrogens is 1. The van der Waals surface area contributed by atoms with Gasteiger partial charge in [-0.15, -0.1) is 0 Å². The van der Waals surface area contributed by atoms with E-state index in [2.05, 4.69) is 33.5 Å². The van der Waals surface area contributed by atoms with Gasteiger partial charge in [0.05, 0.1) is 35.1 Å². The Bertz CT molecular complexity index is 1600. The van der Waals surface area contributed by atoms with Crippen molar-refractivity contribution in [3.8, 4) is 0 Å². The van der Waals surface area contributed by atoms with Gasteiger partial charge in [-0.1, -0.05) is 41.9 Å². The molecule has 6 rings (SSSR count). The number of halogens is 1. The lowest BCUT2D eigenvalue weighted by Gasteiger charge is -2.32. The number of rotatable bonds is 4. The zero-order valence-corrected chi connectivity index (χ0v) is 21.8. The average molecular weight is 529 g/mol. The lowest BCUT2D eigenvalue weighted by molar-refractivity contribution is -0.111. The first-order valence-corrected chi connectivity index (χ1v) is 13.2. The predicted octanol–water partition coefficient (Wildman–Crippen LogP) is 1.90. The Morgan fingerprint density at radius 3 is 2.79 bits per heavy atom. The minimum Gasteiger partial charge on any atom is -0.386 e. The zero-order chi connectivity index (χ0) is 26.2. The fourth-order valence-corrected chi connectivity index (χ4v) is 5.49. The molecular weight excluding hydrogens is 500 g/mol. The van der Waals surface area contributed by atoms with Crippen LogP contribution in [0.25, 0.3) is 11.1 Å². The zero-order valence-electron chi connectivity index (χ0n) is 21.1. The number of hydrogen-bond donors (Lipinski definition) is 4. The second-order valence-electron chi connectivity index (χ2n) is 9.77. The van der Waals surface area contributed by atoms with Gasteiger partial charge in [0.2, 0.25) is 0 Å². The van der Waals surface area contributed by atoms with Crippen molar-refractivity contribution in [2.24, 2.45) is 4.99 Å². The number of aliphatic hydroxyl groups is 1. The molecule has 1 aliphatic carbocycles. The molecule has 0 bridgehead atoms. The molecule has 3 aliphatic rings. The molecule has 8 nitrogen and oxygen atoms in total. The van der Waals surface area contributed by atoms with Crippen molar-refractivity contribution in [1.29, 1.82) is 0 Å². The fraction of sp³-hybridized carbons (Fsp3) is 0.276. The molecule has 2 aliphatic heterocycles. The molecule has 0 unspecified atom stereocenters. The molecule has 0 spiro atoms. The molecule has 3 heterocycles. The van der Waals surface area contributed by atoms with Crippen LogP contribution in [0.15, 0.2) is 65.3 Å². The van der Waals surface area contributed by atoms with E-state index in [4.69, 9.17) is 21.6 Å². The summed E-state index contributed by atoms with van der Waals surface area (Å²) in [6.45, 7) is 6.00. The van der Waals surface area contributed by atoms with E-state index in [-0.39, 0.29) is 12.5 Å². The number of benzene rings is 2. The van der Waals surface area contributed by atoms with Crippen LogP contribution in [0.2, 0.25) is 5.02 Å². The molecular formula is C29H29ClN6O2. The van der Waals surface area contributed by atoms with E-state index in [0.29, 0.717) is 39.5 Å². The molecule has 4 N–H and O–H groups in total. The molecule has 1 atom stereocenters. The Morgan fingerprint density at radius 2 is 1.97 bits per heavy atom. The van der Waals surface area contributed by atoms with E-state index in [9.17, 15) is 9.90 Å². The van der Waals surface area contributed by atoms with Gasteiger partial charge in [0.25, 0.3) is 5.91 Å². The lowest BCUT2D eigenvalue weighted by atomic mass is 9.96. The molecule has 3 aromatic rings. The maximum atomic E-state index is 13.4. The topological polar surface area (TPSA) is 106 Å². The second kappa shape index (κ2) is 10.2. The summed E-state index contributed by atoms with van der Waals surface area (Å²) in [5.74, 6) is -0.279. The van der Waals surface area contributed by atoms with E-state index >= 15 is 0 Å². The number of nitrogens with zero attached hydrogens (tertiary/aromatic N) is 3. The van der Waals surface area contributed by atoms with Gasteiger partial charge < -0.3 is 25.6 Å². The van der Waals surface area contributed by atoms with Gasteiger partial charge in [-0.25, -0.2) is 4.98 Å². The first-order valence-electron chi connectivity index (χ1n) is 12.8. The number of aromatic amines is 1. The number of fused-ring (bicyclic) bond motifs is 2. The van der Waals surface area contributed by atoms with Crippen molar-refractivity contribution in [2.45, 2.75) is 19.4 Å². The summed E-state index contributed by atoms with van der Waals surface area (Å²) in [6.07, 6.45) is 2.05. The highest BCUT2D eigenvalue weighted by Crippen LogP contribution is 2.27. The molecule has 38 heavy (non-hydrogen) atoms. The van der Waals surface area contributed by atoms with Crippen LogP contribution in [-0.4, -0.2) is 64.3 Å². The number of allylic oxidation sites excluding steroid dienone is 2. The van der Waals surface area contributed by atoms with Crippen LogP contribution in [0.4, 0.5) is 5.69 Å². The van der Waals surface area contributed by atoms with Crippen LogP contribution in [0, 0.1) is 0 Å². The number of anilines is 1. The molecule has 0 radical (unpaired) electrons. The Hall–Kier alpha value is -3.72. The average Bonchev–Trinajstić information content (AvgIpc) is 3.36. The van der Waals surface area contributed by atoms with Crippen molar-refractivity contribution in [2.75, 3.05) is 38.0 Å². The summed E-state index contributed by atoms with van der Waals surface area (Å²) < 4.78 is 0. The number of aromatic nitrogens is 2. The van der Waals surface area contributed by atoms with Gasteiger partial charge in [0, 0.05) is 48.9 Å². The van der Waals surface area contributed by atoms with Gasteiger partial charge in [-0.3, -0.25) is 9.79 Å². The number of piperazine rings is 1. The number of aliphatic imine (C=N–C) groups is 1. The van der Waals surface area contributed by atoms with Gasteiger partial charge in [0.15, 0.2) is 0 Å². The molecule has 9 heteroatoms. The fourth-order valence-electron chi connectivity index (χ4n) is 5.29. The summed E-state index contributed by atoms with van der Waals surface area (Å²) in [5.41, 5.74) is 6.74. The van der Waals surface area contributed by atoms with Crippen molar-refractivity contribution < 1.29 is 9.90 Å². The number of carbonyl (C=O) groups is 1. The number of imidazole rings is 1. The van der Waals surface area contributed by atoms with Gasteiger partial charge in [0.1, 0.15) is 11.1 Å². The Balaban J connectivity index is 1.42. The maximum Gasteiger partial charge on any atom is 0.261 e. The van der Waals surface area contributed by atoms with Crippen LogP contribution in [0.5, 0.6) is 0 Å². The molecule has 1 amide bonds. The summed E-state index contributed by atoms with van der Waals surface area (Å²) in [6, 6.07) is 14.6. The number of amides is 1. The third-order valence-electron chi connectivity index (χ3n) is 7.21. The van der Waals surface area contributed by atoms with Crippen LogP contribution in [0.1, 0.15) is 29.8 Å². The molecule has 1 fully saturated rings. The number of nitrogens with one attached hydrogen (secondary N) is 3. The summed E-state index contributed by atoms with van der Waals surface area (Å²) in [7, 11) is 0. The van der Waals surface area contributed by atoms with E-state index in [1.807, 2.05) is 30.3 Å². The first-order chi connectivity index (χ1) is 18.5. The quantitative estimate of drug-likeness (QED) is 0.414. The van der Waals surface area contributed by atoms with Crippen molar-refractivity contribution in [1.82, 2.24) is 20.2 Å². The van der Waals surface area contributed by atoms with E-state index in [0.717, 1.165) is 48.4 Å². The highest BCUT2D eigenvalue weighted by atomic mass is 35.5. The number of aliphatic hydroxyl groups excluding tert-OH is 1. The van der Waals surface area contributed by atoms with Gasteiger partial charge in [-0.2, -0.15) is 0 Å². The van der Waals surface area contributed by atoms with Crippen molar-refractivity contribution >= 4 is 40.1 Å². The smallest absolute Gasteiger partial charge is 0.261 e. The van der Waals surface area contributed by atoms with Crippen molar-refractivity contribution in [3.05, 3.63) is 93.0 Å². The van der Waals surface area contributed by atoms with Gasteiger partial charge >= 0.3 is 0 Å². The summed E-state index contributed by atoms with van der Waals surface area (Å²) in [5, 5.41) is 18.7. The highest BCUT2D eigenvalue weighted by Gasteiger charge is 2.29. The van der Waals surface area contributed by atoms with Crippen LogP contribution in [-0.2, 0) is 11.2 Å². The molecule has 194 valence electrons. The standard InChI is InChI=1S/C29H29ClN6O2/c1-17-13-20(36-11-9-31-10-12-36)15-23-26(17)35-28(33-23)25-27(21-7-2-3-8-22(21)34-29(25)38)32-16-24(37)18-5-4-6-19(30)14-18/h2-8,13-14,24,31,35,37H,9-12,15-16H2,1H3,(H,34,38)/t24-/m1/s1. The predicted molar refractivity (Wildman–Crippen MR) is 149 cm³/mol. The Kier molecular flexibility index (Phi) is 6.61. The van der Waals surface area contributed by atoms with Crippen LogP contribution >= 0.6 is 11.6 Å². The van der Waals surface area contributed by atoms with E-state index in [1.54, 1.807) is 18.2 Å². The Labute approximate surface area is 225 Å². The third kappa shape index (κ3) is 4.67. The molecule has 0 saturated carbocycles. The number of carbonyl (C=O) groups excluding carboxylic acids is 1. The Morgan fingerprint density at radius 1 is 1.16 bits per heavy atom. The third-order valence-corrected chi connectivity index (χ3v) is 7.45. The molecule has 1 saturated heterocycles. The molecule has 1 aromatic heterocycles. The number of para-hydroxylation sites is 1. The molecule has 2 aromatic carbocycles. The maximum absolute atomic E-state index is 13.4. The van der Waals surface area contributed by atoms with Crippen LogP contribution < -0.4 is 21.5 Å². The van der Waals surface area contributed by atoms with E-state index in [1.165, 1.54) is 5.70 Å². The summed E-state index contributed by atoms with van der Waals surface area (Å²) >= 11 is 6.12. The second-order valence-corrected chi connectivity index (χ2v) is 10.2. The van der Waals surface area contributed by atoms with Crippen molar-refractivity contribution in [3.63, 3.8) is 0 Å². The normalized spacial score (nSPS) is 20.6. The lowest BCUT2D eigenvalue weighted by Crippen LogP contribution is -2.43. The minimum atomic E-state index is -0.870. The largest absolute Gasteiger partial charge is 0.386 e. The SMILES string of the molecule is CC1=c2[nH]c(=C3C(=O)Nc4ccccc4C3=NC[C@@H](O)c3cccc(Cl)c3)nc2CC(N2CCNCC2)=C1. The monoisotopic (exact) mass is 528 g/mol.